The zero-order chi connectivity index (χ0) is 12.8. The molecule has 5 heteroatoms. The third-order valence-corrected chi connectivity index (χ3v) is 2.65. The van der Waals surface area contributed by atoms with Crippen molar-refractivity contribution in [3.05, 3.63) is 34.6 Å². The molecule has 17 heavy (non-hydrogen) atoms. The van der Waals surface area contributed by atoms with Crippen molar-refractivity contribution in [3.8, 4) is 6.19 Å². The topological polar surface area (TPSA) is 48.2 Å². The van der Waals surface area contributed by atoms with Crippen LogP contribution in [0, 0.1) is 17.3 Å². The Hall–Kier alpha value is -1.60. The van der Waals surface area contributed by atoms with Gasteiger partial charge in [-0.2, -0.15) is 10.3 Å². The van der Waals surface area contributed by atoms with Crippen molar-refractivity contribution in [1.82, 2.24) is 5.32 Å². The first-order chi connectivity index (χ1) is 8.08. The van der Waals surface area contributed by atoms with E-state index in [4.69, 9.17) is 16.9 Å². The van der Waals surface area contributed by atoms with Crippen LogP contribution in [-0.4, -0.2) is 5.84 Å². The third-order valence-electron chi connectivity index (χ3n) is 2.35. The van der Waals surface area contributed by atoms with E-state index in [-0.39, 0.29) is 11.1 Å². The van der Waals surface area contributed by atoms with Gasteiger partial charge in [-0.3, -0.25) is 0 Å². The number of benzene rings is 1. The molecule has 90 valence electrons. The minimum atomic E-state index is -0.451. The molecule has 0 aromatic heterocycles. The van der Waals surface area contributed by atoms with Crippen LogP contribution >= 0.6 is 11.6 Å². The summed E-state index contributed by atoms with van der Waals surface area (Å²) < 4.78 is 13.3. The van der Waals surface area contributed by atoms with Crippen LogP contribution in [0.3, 0.4) is 0 Å². The maximum absolute atomic E-state index is 13.3. The second-order valence-corrected chi connectivity index (χ2v) is 3.96. The van der Waals surface area contributed by atoms with Crippen LogP contribution < -0.4 is 5.32 Å². The van der Waals surface area contributed by atoms with E-state index in [0.717, 1.165) is 5.56 Å². The Morgan fingerprint density at radius 2 is 2.35 bits per heavy atom. The highest BCUT2D eigenvalue weighted by Gasteiger charge is 2.09. The highest BCUT2D eigenvalue weighted by atomic mass is 35.5. The molecule has 0 spiro atoms. The van der Waals surface area contributed by atoms with Crippen molar-refractivity contribution in [2.75, 3.05) is 0 Å². The molecule has 0 aliphatic carbocycles. The van der Waals surface area contributed by atoms with Crippen LogP contribution in [0.15, 0.2) is 23.2 Å². The van der Waals surface area contributed by atoms with Crippen molar-refractivity contribution in [2.45, 2.75) is 26.3 Å². The molecule has 0 radical (unpaired) electrons. The Labute approximate surface area is 105 Å². The first-order valence-electron chi connectivity index (χ1n) is 5.25. The fraction of sp³-hybridized carbons (Fsp3) is 0.333. The Kier molecular flexibility index (Phi) is 4.92. The highest BCUT2D eigenvalue weighted by Crippen LogP contribution is 2.20. The van der Waals surface area contributed by atoms with E-state index in [1.807, 2.05) is 13.8 Å². The predicted molar refractivity (Wildman–Crippen MR) is 66.3 cm³/mol. The van der Waals surface area contributed by atoms with Gasteiger partial charge in [-0.25, -0.2) is 4.39 Å². The normalized spacial score (nSPS) is 13.0. The van der Waals surface area contributed by atoms with Gasteiger partial charge in [0.1, 0.15) is 11.7 Å². The fourth-order valence-electron chi connectivity index (χ4n) is 1.39. The molecular formula is C12H13ClFN3. The van der Waals surface area contributed by atoms with Gasteiger partial charge in [0, 0.05) is 12.5 Å². The van der Waals surface area contributed by atoms with Crippen LogP contribution in [-0.2, 0) is 0 Å². The Balaban J connectivity index is 2.83. The predicted octanol–water partition coefficient (Wildman–Crippen LogP) is 3.42. The second kappa shape index (κ2) is 6.21. The standard InChI is InChI=1S/C12H13ClFN3/c1-3-12(16-7-15)17-8(2)9-4-5-10(13)11(14)6-9/h4-6,8H,3H2,1-2H3,(H,16,17). The lowest BCUT2D eigenvalue weighted by Gasteiger charge is -2.16. The van der Waals surface area contributed by atoms with Crippen LogP contribution in [0.1, 0.15) is 31.9 Å². The molecular weight excluding hydrogens is 241 g/mol. The second-order valence-electron chi connectivity index (χ2n) is 3.55. The molecule has 3 nitrogen and oxygen atoms in total. The lowest BCUT2D eigenvalue weighted by molar-refractivity contribution is 0.618. The van der Waals surface area contributed by atoms with Crippen molar-refractivity contribution < 1.29 is 4.39 Å². The molecule has 0 saturated carbocycles. The van der Waals surface area contributed by atoms with Gasteiger partial charge in [-0.05, 0) is 24.6 Å². The lowest BCUT2D eigenvalue weighted by Crippen LogP contribution is -2.26. The summed E-state index contributed by atoms with van der Waals surface area (Å²) in [5.41, 5.74) is 0.756. The SMILES string of the molecule is CC/C(=N\C#N)NC(C)c1ccc(Cl)c(F)c1. The smallest absolute Gasteiger partial charge is 0.207 e. The summed E-state index contributed by atoms with van der Waals surface area (Å²) in [6.07, 6.45) is 2.35. The zero-order valence-electron chi connectivity index (χ0n) is 9.67. The highest BCUT2D eigenvalue weighted by molar-refractivity contribution is 6.30. The molecule has 1 N–H and O–H groups in total. The average molecular weight is 254 g/mol. The molecule has 1 aromatic carbocycles. The monoisotopic (exact) mass is 253 g/mol. The van der Waals surface area contributed by atoms with Gasteiger partial charge >= 0.3 is 0 Å². The Morgan fingerprint density at radius 1 is 1.65 bits per heavy atom. The summed E-state index contributed by atoms with van der Waals surface area (Å²) in [6.45, 7) is 3.75. The van der Waals surface area contributed by atoms with Gasteiger partial charge < -0.3 is 5.32 Å². The van der Waals surface area contributed by atoms with Gasteiger partial charge in [-0.15, -0.1) is 0 Å². The van der Waals surface area contributed by atoms with E-state index >= 15 is 0 Å². The molecule has 0 aliphatic heterocycles. The number of aliphatic imine (C=N–C) groups is 1. The molecule has 0 fully saturated rings. The van der Waals surface area contributed by atoms with E-state index < -0.39 is 5.82 Å². The number of halogens is 2. The van der Waals surface area contributed by atoms with E-state index in [2.05, 4.69) is 10.3 Å². The number of hydrogen-bond acceptors (Lipinski definition) is 2. The molecule has 0 aliphatic rings. The number of amidine groups is 1. The van der Waals surface area contributed by atoms with E-state index in [0.29, 0.717) is 12.3 Å². The van der Waals surface area contributed by atoms with Gasteiger partial charge in [-0.1, -0.05) is 24.6 Å². The van der Waals surface area contributed by atoms with Crippen molar-refractivity contribution in [2.24, 2.45) is 4.99 Å². The minimum absolute atomic E-state index is 0.0994. The number of nitrogens with one attached hydrogen (secondary N) is 1. The van der Waals surface area contributed by atoms with E-state index in [9.17, 15) is 4.39 Å². The molecule has 1 unspecified atom stereocenters. The number of rotatable bonds is 3. The van der Waals surface area contributed by atoms with Crippen molar-refractivity contribution in [3.63, 3.8) is 0 Å². The Bertz CT molecular complexity index is 465. The lowest BCUT2D eigenvalue weighted by atomic mass is 10.1. The maximum atomic E-state index is 13.3. The van der Waals surface area contributed by atoms with Crippen molar-refractivity contribution in [1.29, 1.82) is 5.26 Å². The molecule has 0 saturated heterocycles. The Morgan fingerprint density at radius 3 is 2.88 bits per heavy atom. The summed E-state index contributed by atoms with van der Waals surface area (Å²) in [5, 5.41) is 11.6. The molecule has 0 bridgehead atoms. The summed E-state index contributed by atoms with van der Waals surface area (Å²) >= 11 is 5.61. The summed E-state index contributed by atoms with van der Waals surface area (Å²) in [7, 11) is 0. The number of hydrogen-bond donors (Lipinski definition) is 1. The summed E-state index contributed by atoms with van der Waals surface area (Å²) in [5.74, 6) is 0.128. The van der Waals surface area contributed by atoms with Crippen LogP contribution in [0.25, 0.3) is 0 Å². The first-order valence-corrected chi connectivity index (χ1v) is 5.63. The van der Waals surface area contributed by atoms with Crippen LogP contribution in [0.2, 0.25) is 5.02 Å². The van der Waals surface area contributed by atoms with Crippen LogP contribution in [0.5, 0.6) is 0 Å². The summed E-state index contributed by atoms with van der Waals surface area (Å²) in [4.78, 5) is 3.64. The number of nitriles is 1. The molecule has 0 heterocycles. The zero-order valence-corrected chi connectivity index (χ0v) is 10.4. The quantitative estimate of drug-likeness (QED) is 0.510. The van der Waals surface area contributed by atoms with Crippen LogP contribution in [0.4, 0.5) is 4.39 Å². The fourth-order valence-corrected chi connectivity index (χ4v) is 1.51. The first kappa shape index (κ1) is 13.5. The molecule has 1 aromatic rings. The largest absolute Gasteiger partial charge is 0.366 e. The van der Waals surface area contributed by atoms with Crippen molar-refractivity contribution >= 4 is 17.4 Å². The van der Waals surface area contributed by atoms with Gasteiger partial charge in [0.2, 0.25) is 6.19 Å². The third kappa shape index (κ3) is 3.72. The van der Waals surface area contributed by atoms with Gasteiger partial charge in [0.25, 0.3) is 0 Å². The minimum Gasteiger partial charge on any atom is -0.366 e. The molecule has 1 rings (SSSR count). The number of nitrogens with zero attached hydrogens (tertiary/aromatic N) is 2. The van der Waals surface area contributed by atoms with Gasteiger partial charge in [0.15, 0.2) is 0 Å². The molecule has 1 atom stereocenters. The average Bonchev–Trinajstić information content (AvgIpc) is 2.31. The van der Waals surface area contributed by atoms with E-state index in [1.165, 1.54) is 12.1 Å². The van der Waals surface area contributed by atoms with Gasteiger partial charge in [0.05, 0.1) is 5.02 Å². The van der Waals surface area contributed by atoms with E-state index in [1.54, 1.807) is 12.3 Å². The summed E-state index contributed by atoms with van der Waals surface area (Å²) in [6, 6.07) is 4.49. The maximum Gasteiger partial charge on any atom is 0.207 e. The molecule has 0 amide bonds.